The van der Waals surface area contributed by atoms with Crippen LogP contribution in [0.1, 0.15) is 45.1 Å². The third kappa shape index (κ3) is 6.48. The minimum Gasteiger partial charge on any atom is -0.490 e. The molecule has 3 nitrogen and oxygen atoms in total. The molecule has 0 aliphatic carbocycles. The highest BCUT2D eigenvalue weighted by Gasteiger charge is 2.13. The number of carbonyl (C=O) groups excluding carboxylic acids is 1. The van der Waals surface area contributed by atoms with Gasteiger partial charge in [-0.05, 0) is 24.0 Å². The van der Waals surface area contributed by atoms with Gasteiger partial charge in [0.15, 0.2) is 0 Å². The summed E-state index contributed by atoms with van der Waals surface area (Å²) in [5.41, 5.74) is 0.920. The summed E-state index contributed by atoms with van der Waals surface area (Å²) in [6.07, 6.45) is 6.10. The average molecular weight is 290 g/mol. The molecule has 1 atom stereocenters. The van der Waals surface area contributed by atoms with E-state index < -0.39 is 5.97 Å². The molecule has 1 aromatic rings. The molecule has 1 unspecified atom stereocenters. The Labute approximate surface area is 128 Å². The molecule has 21 heavy (non-hydrogen) atoms. The maximum Gasteiger partial charge on any atom is 0.373 e. The molecule has 0 aliphatic heterocycles. The van der Waals surface area contributed by atoms with Crippen LogP contribution < -0.4 is 0 Å². The predicted molar refractivity (Wildman–Crippen MR) is 85.7 cm³/mol. The summed E-state index contributed by atoms with van der Waals surface area (Å²) >= 11 is 0. The third-order valence-corrected chi connectivity index (χ3v) is 3.55. The van der Waals surface area contributed by atoms with Crippen molar-refractivity contribution in [3.8, 4) is 0 Å². The highest BCUT2D eigenvalue weighted by Crippen LogP contribution is 2.16. The molecular weight excluding hydrogens is 264 g/mol. The van der Waals surface area contributed by atoms with Crippen molar-refractivity contribution >= 4 is 12.0 Å². The molecule has 0 radical (unpaired) electrons. The van der Waals surface area contributed by atoms with Crippen LogP contribution in [0, 0.1) is 5.92 Å². The summed E-state index contributed by atoms with van der Waals surface area (Å²) in [5, 5.41) is 0. The number of esters is 1. The molecular formula is C18H26O3. The number of rotatable bonds is 9. The smallest absolute Gasteiger partial charge is 0.373 e. The van der Waals surface area contributed by atoms with Crippen molar-refractivity contribution in [3.63, 3.8) is 0 Å². The second-order valence-electron chi connectivity index (χ2n) is 5.11. The van der Waals surface area contributed by atoms with Gasteiger partial charge in [0.05, 0.1) is 13.7 Å². The Hall–Kier alpha value is -1.77. The lowest BCUT2D eigenvalue weighted by Crippen LogP contribution is -2.12. The summed E-state index contributed by atoms with van der Waals surface area (Å²) in [4.78, 5) is 12.0. The minimum absolute atomic E-state index is 0.240. The number of methoxy groups -OCH3 is 1. The topological polar surface area (TPSA) is 35.5 Å². The fraction of sp³-hybridized carbons (Fsp3) is 0.500. The maximum absolute atomic E-state index is 12.0. The molecule has 0 spiro atoms. The van der Waals surface area contributed by atoms with Crippen LogP contribution in [0.15, 0.2) is 36.1 Å². The van der Waals surface area contributed by atoms with Crippen LogP contribution in [0.5, 0.6) is 0 Å². The number of hydrogen-bond donors (Lipinski definition) is 0. The average Bonchev–Trinajstić information content (AvgIpc) is 2.52. The normalized spacial score (nSPS) is 12.8. The summed E-state index contributed by atoms with van der Waals surface area (Å²) in [5.74, 6) is 0.476. The van der Waals surface area contributed by atoms with Crippen LogP contribution in [0.25, 0.3) is 6.08 Å². The van der Waals surface area contributed by atoms with Crippen molar-refractivity contribution < 1.29 is 14.3 Å². The van der Waals surface area contributed by atoms with E-state index in [2.05, 4.69) is 13.8 Å². The van der Waals surface area contributed by atoms with Gasteiger partial charge in [-0.3, -0.25) is 0 Å². The van der Waals surface area contributed by atoms with Crippen molar-refractivity contribution in [2.75, 3.05) is 13.7 Å². The highest BCUT2D eigenvalue weighted by atomic mass is 16.6. The van der Waals surface area contributed by atoms with E-state index in [0.29, 0.717) is 12.5 Å². The Morgan fingerprint density at radius 3 is 2.48 bits per heavy atom. The second kappa shape index (κ2) is 10.0. The summed E-state index contributed by atoms with van der Waals surface area (Å²) in [6, 6.07) is 9.60. The number of hydrogen-bond acceptors (Lipinski definition) is 3. The zero-order chi connectivity index (χ0) is 15.5. The molecule has 0 saturated carbocycles. The molecule has 3 heteroatoms. The van der Waals surface area contributed by atoms with E-state index in [4.69, 9.17) is 9.47 Å². The molecule has 0 aromatic heterocycles. The molecule has 0 bridgehead atoms. The third-order valence-electron chi connectivity index (χ3n) is 3.55. The van der Waals surface area contributed by atoms with E-state index in [1.807, 2.05) is 30.3 Å². The Morgan fingerprint density at radius 2 is 1.90 bits per heavy atom. The van der Waals surface area contributed by atoms with Crippen molar-refractivity contribution in [1.82, 2.24) is 0 Å². The summed E-state index contributed by atoms with van der Waals surface area (Å²) in [7, 11) is 1.49. The number of ether oxygens (including phenoxy) is 2. The van der Waals surface area contributed by atoms with Gasteiger partial charge in [-0.15, -0.1) is 0 Å². The van der Waals surface area contributed by atoms with Gasteiger partial charge in [-0.2, -0.15) is 0 Å². The number of carbonyl (C=O) groups is 1. The summed E-state index contributed by atoms with van der Waals surface area (Å²) in [6.45, 7) is 4.81. The fourth-order valence-corrected chi connectivity index (χ4v) is 2.25. The zero-order valence-electron chi connectivity index (χ0n) is 13.3. The van der Waals surface area contributed by atoms with Crippen LogP contribution in [-0.4, -0.2) is 19.7 Å². The molecule has 0 fully saturated rings. The SMILES string of the molecule is CCCC(CC)CCOC(=O)C(=Cc1ccccc1)OC. The highest BCUT2D eigenvalue weighted by molar-refractivity contribution is 5.91. The first-order valence-electron chi connectivity index (χ1n) is 7.69. The molecule has 0 amide bonds. The maximum atomic E-state index is 12.0. The van der Waals surface area contributed by atoms with E-state index in [1.165, 1.54) is 20.0 Å². The van der Waals surface area contributed by atoms with Gasteiger partial charge in [0.2, 0.25) is 5.76 Å². The van der Waals surface area contributed by atoms with Gasteiger partial charge >= 0.3 is 5.97 Å². The van der Waals surface area contributed by atoms with Gasteiger partial charge in [-0.25, -0.2) is 4.79 Å². The first-order valence-corrected chi connectivity index (χ1v) is 7.69. The first kappa shape index (κ1) is 17.3. The van der Waals surface area contributed by atoms with Crippen LogP contribution in [0.3, 0.4) is 0 Å². The predicted octanol–water partition coefficient (Wildman–Crippen LogP) is 4.43. The Morgan fingerprint density at radius 1 is 1.19 bits per heavy atom. The number of benzene rings is 1. The molecule has 1 aromatic carbocycles. The van der Waals surface area contributed by atoms with Crippen molar-refractivity contribution in [2.24, 2.45) is 5.92 Å². The van der Waals surface area contributed by atoms with Gasteiger partial charge in [0.25, 0.3) is 0 Å². The molecule has 1 rings (SSSR count). The summed E-state index contributed by atoms with van der Waals surface area (Å²) < 4.78 is 10.4. The zero-order valence-corrected chi connectivity index (χ0v) is 13.3. The molecule has 116 valence electrons. The van der Waals surface area contributed by atoms with Crippen molar-refractivity contribution in [1.29, 1.82) is 0 Å². The fourth-order valence-electron chi connectivity index (χ4n) is 2.25. The largest absolute Gasteiger partial charge is 0.490 e. The van der Waals surface area contributed by atoms with Gasteiger partial charge < -0.3 is 9.47 Å². The monoisotopic (exact) mass is 290 g/mol. The molecule has 0 aliphatic rings. The van der Waals surface area contributed by atoms with Crippen LogP contribution in [-0.2, 0) is 14.3 Å². The van der Waals surface area contributed by atoms with Crippen molar-refractivity contribution in [2.45, 2.75) is 39.5 Å². The van der Waals surface area contributed by atoms with Crippen LogP contribution >= 0.6 is 0 Å². The minimum atomic E-state index is -0.396. The standard InChI is InChI=1S/C18H26O3/c1-4-9-15(5-2)12-13-21-18(19)17(20-3)14-16-10-7-6-8-11-16/h6-8,10-11,14-15H,4-5,9,12-13H2,1-3H3. The molecule has 0 heterocycles. The molecule has 0 N–H and O–H groups in total. The quantitative estimate of drug-likeness (QED) is 0.383. The van der Waals surface area contributed by atoms with Gasteiger partial charge in [-0.1, -0.05) is 63.4 Å². The lowest BCUT2D eigenvalue weighted by molar-refractivity contribution is -0.142. The lowest BCUT2D eigenvalue weighted by Gasteiger charge is -2.14. The Balaban J connectivity index is 2.50. The van der Waals surface area contributed by atoms with Crippen molar-refractivity contribution in [3.05, 3.63) is 41.7 Å². The molecule has 0 saturated heterocycles. The van der Waals surface area contributed by atoms with E-state index in [0.717, 1.165) is 18.4 Å². The van der Waals surface area contributed by atoms with E-state index >= 15 is 0 Å². The lowest BCUT2D eigenvalue weighted by atomic mass is 9.98. The van der Waals surface area contributed by atoms with E-state index in [-0.39, 0.29) is 5.76 Å². The van der Waals surface area contributed by atoms with Gasteiger partial charge in [0, 0.05) is 0 Å². The van der Waals surface area contributed by atoms with Crippen LogP contribution in [0.2, 0.25) is 0 Å². The van der Waals surface area contributed by atoms with E-state index in [1.54, 1.807) is 6.08 Å². The van der Waals surface area contributed by atoms with E-state index in [9.17, 15) is 4.79 Å². The van der Waals surface area contributed by atoms with Crippen LogP contribution in [0.4, 0.5) is 0 Å². The second-order valence-corrected chi connectivity index (χ2v) is 5.11. The Kier molecular flexibility index (Phi) is 8.25. The first-order chi connectivity index (χ1) is 10.2. The Bertz CT molecular complexity index is 437. The van der Waals surface area contributed by atoms with Gasteiger partial charge in [0.1, 0.15) is 0 Å².